The minimum atomic E-state index is -0.173. The predicted molar refractivity (Wildman–Crippen MR) is 102 cm³/mol. The fourth-order valence-corrected chi connectivity index (χ4v) is 3.15. The number of carbonyl (C=O) groups is 1. The molecule has 6 heteroatoms. The monoisotopic (exact) mass is 373 g/mol. The van der Waals surface area contributed by atoms with Gasteiger partial charge >= 0.3 is 0 Å². The number of halogens is 1. The first-order valence-electron chi connectivity index (χ1n) is 8.84. The maximum Gasteiger partial charge on any atom is 0.226 e. The summed E-state index contributed by atoms with van der Waals surface area (Å²) in [5.41, 5.74) is 9.51. The van der Waals surface area contributed by atoms with Crippen molar-refractivity contribution in [2.24, 2.45) is 5.92 Å². The van der Waals surface area contributed by atoms with Crippen molar-refractivity contribution in [3.05, 3.63) is 70.2 Å². The molecular weight excluding hydrogens is 350 g/mol. The lowest BCUT2D eigenvalue weighted by Gasteiger charge is -2.18. The standard InChI is InChI=1S/C20H24ClN3O2/c1-2-26-13-15-5-3-14(4-6-15)11-22-20(25)18-12-23-24-19(18)16-7-9-17(21)10-8-16/h3-10,18-19,23-24H,2,11-13H2,1H3,(H,22,25). The topological polar surface area (TPSA) is 62.4 Å². The van der Waals surface area contributed by atoms with Crippen LogP contribution in [-0.2, 0) is 22.7 Å². The molecule has 0 aliphatic carbocycles. The zero-order chi connectivity index (χ0) is 18.4. The van der Waals surface area contributed by atoms with Crippen LogP contribution < -0.4 is 16.2 Å². The van der Waals surface area contributed by atoms with Gasteiger partial charge in [0.25, 0.3) is 0 Å². The molecule has 0 saturated carbocycles. The quantitative estimate of drug-likeness (QED) is 0.698. The Morgan fingerprint density at radius 3 is 2.54 bits per heavy atom. The largest absolute Gasteiger partial charge is 0.377 e. The Morgan fingerprint density at radius 1 is 1.15 bits per heavy atom. The zero-order valence-electron chi connectivity index (χ0n) is 14.8. The molecule has 1 fully saturated rings. The molecule has 1 saturated heterocycles. The average Bonchev–Trinajstić information content (AvgIpc) is 3.16. The summed E-state index contributed by atoms with van der Waals surface area (Å²) in [6, 6.07) is 15.6. The van der Waals surface area contributed by atoms with Crippen molar-refractivity contribution in [1.29, 1.82) is 0 Å². The molecule has 2 atom stereocenters. The number of rotatable bonds is 7. The smallest absolute Gasteiger partial charge is 0.226 e. The van der Waals surface area contributed by atoms with E-state index in [4.69, 9.17) is 16.3 Å². The predicted octanol–water partition coefficient (Wildman–Crippen LogP) is 2.96. The lowest BCUT2D eigenvalue weighted by molar-refractivity contribution is -0.125. The van der Waals surface area contributed by atoms with Crippen molar-refractivity contribution < 1.29 is 9.53 Å². The number of hydrogen-bond donors (Lipinski definition) is 3. The van der Waals surface area contributed by atoms with Crippen molar-refractivity contribution in [1.82, 2.24) is 16.2 Å². The van der Waals surface area contributed by atoms with E-state index in [9.17, 15) is 4.79 Å². The van der Waals surface area contributed by atoms with Gasteiger partial charge in [0.05, 0.1) is 18.6 Å². The van der Waals surface area contributed by atoms with Crippen molar-refractivity contribution in [3.8, 4) is 0 Å². The van der Waals surface area contributed by atoms with Crippen LogP contribution in [0.15, 0.2) is 48.5 Å². The molecule has 1 amide bonds. The number of ether oxygens (including phenoxy) is 1. The highest BCUT2D eigenvalue weighted by molar-refractivity contribution is 6.30. The van der Waals surface area contributed by atoms with Gasteiger partial charge in [-0.1, -0.05) is 48.0 Å². The van der Waals surface area contributed by atoms with Crippen LogP contribution in [0.1, 0.15) is 29.7 Å². The van der Waals surface area contributed by atoms with E-state index in [2.05, 4.69) is 16.2 Å². The Labute approximate surface area is 159 Å². The second-order valence-electron chi connectivity index (χ2n) is 6.33. The van der Waals surface area contributed by atoms with E-state index in [0.717, 1.165) is 16.7 Å². The van der Waals surface area contributed by atoms with Gasteiger partial charge in [-0.05, 0) is 35.7 Å². The highest BCUT2D eigenvalue weighted by Crippen LogP contribution is 2.26. The van der Waals surface area contributed by atoms with Gasteiger partial charge in [0, 0.05) is 24.7 Å². The molecule has 26 heavy (non-hydrogen) atoms. The molecule has 0 radical (unpaired) electrons. The molecule has 2 aromatic carbocycles. The second kappa shape index (κ2) is 9.14. The van der Waals surface area contributed by atoms with Gasteiger partial charge in [-0.2, -0.15) is 0 Å². The molecule has 0 aromatic heterocycles. The van der Waals surface area contributed by atoms with Crippen LogP contribution in [0.3, 0.4) is 0 Å². The summed E-state index contributed by atoms with van der Waals surface area (Å²) in [6.07, 6.45) is 0. The first kappa shape index (κ1) is 18.9. The molecule has 138 valence electrons. The maximum atomic E-state index is 12.6. The molecule has 2 unspecified atom stereocenters. The van der Waals surface area contributed by atoms with E-state index in [-0.39, 0.29) is 17.9 Å². The summed E-state index contributed by atoms with van der Waals surface area (Å²) in [7, 11) is 0. The van der Waals surface area contributed by atoms with E-state index < -0.39 is 0 Å². The highest BCUT2D eigenvalue weighted by atomic mass is 35.5. The van der Waals surface area contributed by atoms with Crippen LogP contribution in [0, 0.1) is 5.92 Å². The second-order valence-corrected chi connectivity index (χ2v) is 6.77. The summed E-state index contributed by atoms with van der Waals surface area (Å²) < 4.78 is 5.39. The van der Waals surface area contributed by atoms with Gasteiger partial charge < -0.3 is 10.1 Å². The summed E-state index contributed by atoms with van der Waals surface area (Å²) in [6.45, 7) is 4.40. The van der Waals surface area contributed by atoms with E-state index in [0.29, 0.717) is 31.3 Å². The molecule has 2 aromatic rings. The molecule has 5 nitrogen and oxygen atoms in total. The Bertz CT molecular complexity index is 719. The normalized spacial score (nSPS) is 19.5. The number of carbonyl (C=O) groups excluding carboxylic acids is 1. The van der Waals surface area contributed by atoms with Crippen LogP contribution >= 0.6 is 11.6 Å². The Kier molecular flexibility index (Phi) is 6.63. The van der Waals surface area contributed by atoms with E-state index in [1.165, 1.54) is 0 Å². The van der Waals surface area contributed by atoms with Gasteiger partial charge in [0.2, 0.25) is 5.91 Å². The number of hydrogen-bond acceptors (Lipinski definition) is 4. The van der Waals surface area contributed by atoms with Gasteiger partial charge in [-0.15, -0.1) is 0 Å². The molecule has 0 spiro atoms. The number of hydrazine groups is 1. The van der Waals surface area contributed by atoms with Crippen LogP contribution in [0.25, 0.3) is 0 Å². The average molecular weight is 374 g/mol. The summed E-state index contributed by atoms with van der Waals surface area (Å²) >= 11 is 5.95. The Morgan fingerprint density at radius 2 is 1.85 bits per heavy atom. The van der Waals surface area contributed by atoms with Gasteiger partial charge in [-0.3, -0.25) is 10.2 Å². The third-order valence-corrected chi connectivity index (χ3v) is 4.76. The number of benzene rings is 2. The first-order chi connectivity index (χ1) is 12.7. The van der Waals surface area contributed by atoms with Crippen molar-refractivity contribution >= 4 is 17.5 Å². The fraction of sp³-hybridized carbons (Fsp3) is 0.350. The van der Waals surface area contributed by atoms with Crippen molar-refractivity contribution in [2.75, 3.05) is 13.2 Å². The third-order valence-electron chi connectivity index (χ3n) is 4.51. The van der Waals surface area contributed by atoms with Crippen LogP contribution in [-0.4, -0.2) is 19.1 Å². The third kappa shape index (κ3) is 4.83. The molecule has 3 N–H and O–H groups in total. The lowest BCUT2D eigenvalue weighted by atomic mass is 9.94. The molecule has 0 bridgehead atoms. The van der Waals surface area contributed by atoms with E-state index in [1.54, 1.807) is 0 Å². The lowest BCUT2D eigenvalue weighted by Crippen LogP contribution is -2.34. The molecule has 1 aliphatic rings. The summed E-state index contributed by atoms with van der Waals surface area (Å²) in [4.78, 5) is 12.6. The van der Waals surface area contributed by atoms with Gasteiger partial charge in [-0.25, -0.2) is 5.43 Å². The molecular formula is C20H24ClN3O2. The van der Waals surface area contributed by atoms with E-state index in [1.807, 2.05) is 55.5 Å². The van der Waals surface area contributed by atoms with E-state index >= 15 is 0 Å². The van der Waals surface area contributed by atoms with Crippen molar-refractivity contribution in [3.63, 3.8) is 0 Å². The van der Waals surface area contributed by atoms with Crippen LogP contribution in [0.4, 0.5) is 0 Å². The fourth-order valence-electron chi connectivity index (χ4n) is 3.02. The van der Waals surface area contributed by atoms with Crippen molar-refractivity contribution in [2.45, 2.75) is 26.1 Å². The number of amides is 1. The molecule has 1 heterocycles. The first-order valence-corrected chi connectivity index (χ1v) is 9.22. The minimum absolute atomic E-state index is 0.0286. The molecule has 1 aliphatic heterocycles. The zero-order valence-corrected chi connectivity index (χ0v) is 15.6. The summed E-state index contributed by atoms with van der Waals surface area (Å²) in [5, 5.41) is 3.73. The Balaban J connectivity index is 1.56. The molecule has 3 rings (SSSR count). The van der Waals surface area contributed by atoms with Gasteiger partial charge in [0.15, 0.2) is 0 Å². The van der Waals surface area contributed by atoms with Crippen LogP contribution in [0.5, 0.6) is 0 Å². The highest BCUT2D eigenvalue weighted by Gasteiger charge is 2.33. The summed E-state index contributed by atoms with van der Waals surface area (Å²) in [5.74, 6) is -0.144. The Hall–Kier alpha value is -1.92. The minimum Gasteiger partial charge on any atom is -0.377 e. The maximum absolute atomic E-state index is 12.6. The number of nitrogens with one attached hydrogen (secondary N) is 3. The van der Waals surface area contributed by atoms with Crippen LogP contribution in [0.2, 0.25) is 5.02 Å². The van der Waals surface area contributed by atoms with Gasteiger partial charge in [0.1, 0.15) is 0 Å². The SMILES string of the molecule is CCOCc1ccc(CNC(=O)C2CNNC2c2ccc(Cl)cc2)cc1.